The molecule has 0 spiro atoms. The van der Waals surface area contributed by atoms with Crippen LogP contribution in [0, 0.1) is 5.82 Å². The van der Waals surface area contributed by atoms with Crippen LogP contribution in [-0.2, 0) is 7.05 Å². The first-order valence-electron chi connectivity index (χ1n) is 6.30. The van der Waals surface area contributed by atoms with Gasteiger partial charge in [0.2, 0.25) is 0 Å². The minimum atomic E-state index is -0.398. The van der Waals surface area contributed by atoms with Crippen LogP contribution < -0.4 is 5.32 Å². The van der Waals surface area contributed by atoms with E-state index in [1.807, 2.05) is 19.2 Å². The van der Waals surface area contributed by atoms with Crippen molar-refractivity contribution in [3.05, 3.63) is 52.6 Å². The zero-order valence-corrected chi connectivity index (χ0v) is 11.8. The first-order chi connectivity index (χ1) is 9.15. The van der Waals surface area contributed by atoms with Crippen molar-refractivity contribution in [2.75, 3.05) is 6.54 Å². The third kappa shape index (κ3) is 2.96. The van der Waals surface area contributed by atoms with Gasteiger partial charge in [-0.25, -0.2) is 4.39 Å². The summed E-state index contributed by atoms with van der Waals surface area (Å²) in [6.45, 7) is 2.91. The van der Waals surface area contributed by atoms with Gasteiger partial charge in [0.1, 0.15) is 5.82 Å². The maximum atomic E-state index is 13.6. The fourth-order valence-electron chi connectivity index (χ4n) is 2.07. The van der Waals surface area contributed by atoms with Gasteiger partial charge in [0.05, 0.1) is 16.8 Å². The zero-order chi connectivity index (χ0) is 13.8. The Balaban J connectivity index is 2.43. The van der Waals surface area contributed by atoms with E-state index in [0.29, 0.717) is 0 Å². The van der Waals surface area contributed by atoms with Crippen molar-refractivity contribution in [1.82, 2.24) is 15.1 Å². The Kier molecular flexibility index (Phi) is 4.56. The van der Waals surface area contributed by atoms with Crippen molar-refractivity contribution >= 4 is 11.6 Å². The lowest BCUT2D eigenvalue weighted by atomic mass is 10.0. The average Bonchev–Trinajstić information content (AvgIpc) is 2.81. The molecular weight excluding hydrogens is 265 g/mol. The lowest BCUT2D eigenvalue weighted by molar-refractivity contribution is 0.548. The summed E-state index contributed by atoms with van der Waals surface area (Å²) in [7, 11) is 1.86. The molecule has 2 aromatic rings. The van der Waals surface area contributed by atoms with Gasteiger partial charge in [0.15, 0.2) is 0 Å². The highest BCUT2D eigenvalue weighted by Crippen LogP contribution is 2.29. The lowest BCUT2D eigenvalue weighted by Crippen LogP contribution is -2.25. The maximum absolute atomic E-state index is 13.6. The Bertz CT molecular complexity index is 553. The van der Waals surface area contributed by atoms with Crippen molar-refractivity contribution in [3.8, 4) is 0 Å². The second-order valence-corrected chi connectivity index (χ2v) is 4.79. The topological polar surface area (TPSA) is 29.9 Å². The molecule has 19 heavy (non-hydrogen) atoms. The minimum absolute atomic E-state index is 0.157. The van der Waals surface area contributed by atoms with Crippen molar-refractivity contribution in [1.29, 1.82) is 0 Å². The van der Waals surface area contributed by atoms with Crippen LogP contribution in [0.1, 0.15) is 30.6 Å². The first-order valence-corrected chi connectivity index (χ1v) is 6.68. The van der Waals surface area contributed by atoms with Crippen LogP contribution >= 0.6 is 11.6 Å². The van der Waals surface area contributed by atoms with Crippen molar-refractivity contribution in [2.45, 2.75) is 19.4 Å². The fourth-order valence-corrected chi connectivity index (χ4v) is 2.31. The summed E-state index contributed by atoms with van der Waals surface area (Å²) >= 11 is 6.09. The summed E-state index contributed by atoms with van der Waals surface area (Å²) in [5.74, 6) is -0.398. The number of hydrogen-bond donors (Lipinski definition) is 1. The molecule has 0 aliphatic rings. The molecule has 0 saturated carbocycles. The number of aryl methyl sites for hydroxylation is 1. The van der Waals surface area contributed by atoms with E-state index in [4.69, 9.17) is 11.6 Å². The van der Waals surface area contributed by atoms with Gasteiger partial charge in [-0.3, -0.25) is 4.68 Å². The van der Waals surface area contributed by atoms with Crippen molar-refractivity contribution in [2.24, 2.45) is 7.05 Å². The predicted octanol–water partition coefficient (Wildman–Crippen LogP) is 3.30. The van der Waals surface area contributed by atoms with Crippen LogP contribution in [0.3, 0.4) is 0 Å². The number of halogens is 2. The smallest absolute Gasteiger partial charge is 0.142 e. The highest BCUT2D eigenvalue weighted by Gasteiger charge is 2.20. The Morgan fingerprint density at radius 2 is 2.21 bits per heavy atom. The molecule has 2 rings (SSSR count). The second kappa shape index (κ2) is 6.17. The predicted molar refractivity (Wildman–Crippen MR) is 74.8 cm³/mol. The lowest BCUT2D eigenvalue weighted by Gasteiger charge is -2.20. The first kappa shape index (κ1) is 14.0. The molecule has 1 N–H and O–H groups in total. The Morgan fingerprint density at radius 1 is 1.42 bits per heavy atom. The molecule has 0 aliphatic carbocycles. The zero-order valence-electron chi connectivity index (χ0n) is 11.0. The molecule has 0 fully saturated rings. The summed E-state index contributed by atoms with van der Waals surface area (Å²) in [6, 6.07) is 6.63. The quantitative estimate of drug-likeness (QED) is 0.911. The Labute approximate surface area is 117 Å². The Morgan fingerprint density at radius 3 is 2.84 bits per heavy atom. The molecule has 0 saturated heterocycles. The molecule has 3 nitrogen and oxygen atoms in total. The van der Waals surface area contributed by atoms with Crippen molar-refractivity contribution < 1.29 is 4.39 Å². The highest BCUT2D eigenvalue weighted by molar-refractivity contribution is 6.31. The summed E-state index contributed by atoms with van der Waals surface area (Å²) in [5.41, 5.74) is 1.69. The van der Waals surface area contributed by atoms with Gasteiger partial charge in [-0.2, -0.15) is 5.10 Å². The molecule has 1 atom stereocenters. The van der Waals surface area contributed by atoms with Gasteiger partial charge in [-0.05, 0) is 30.7 Å². The van der Waals surface area contributed by atoms with Gasteiger partial charge in [0, 0.05) is 13.2 Å². The van der Waals surface area contributed by atoms with Crippen LogP contribution in [0.5, 0.6) is 0 Å². The summed E-state index contributed by atoms with van der Waals surface area (Å²) in [6.07, 6.45) is 2.71. The summed E-state index contributed by atoms with van der Waals surface area (Å²) in [4.78, 5) is 0. The minimum Gasteiger partial charge on any atom is -0.305 e. The number of hydrogen-bond acceptors (Lipinski definition) is 2. The van der Waals surface area contributed by atoms with E-state index in [2.05, 4.69) is 17.3 Å². The largest absolute Gasteiger partial charge is 0.305 e. The molecule has 102 valence electrons. The van der Waals surface area contributed by atoms with E-state index in [1.165, 1.54) is 6.07 Å². The van der Waals surface area contributed by atoms with E-state index >= 15 is 0 Å². The third-order valence-electron chi connectivity index (χ3n) is 3.05. The number of nitrogens with one attached hydrogen (secondary N) is 1. The van der Waals surface area contributed by atoms with Crippen molar-refractivity contribution in [3.63, 3.8) is 0 Å². The number of aromatic nitrogens is 2. The van der Waals surface area contributed by atoms with Gasteiger partial charge in [-0.1, -0.05) is 30.7 Å². The van der Waals surface area contributed by atoms with E-state index in [9.17, 15) is 4.39 Å². The molecule has 1 unspecified atom stereocenters. The van der Waals surface area contributed by atoms with Crippen LogP contribution in [-0.4, -0.2) is 16.3 Å². The highest BCUT2D eigenvalue weighted by atomic mass is 35.5. The fraction of sp³-hybridized carbons (Fsp3) is 0.357. The van der Waals surface area contributed by atoms with E-state index in [-0.39, 0.29) is 11.1 Å². The molecule has 0 amide bonds. The molecule has 1 aromatic heterocycles. The summed E-state index contributed by atoms with van der Waals surface area (Å²) in [5, 5.41) is 7.71. The third-order valence-corrected chi connectivity index (χ3v) is 3.44. The van der Waals surface area contributed by atoms with Gasteiger partial charge >= 0.3 is 0 Å². The normalized spacial score (nSPS) is 12.6. The van der Waals surface area contributed by atoms with Gasteiger partial charge in [-0.15, -0.1) is 0 Å². The number of benzene rings is 1. The van der Waals surface area contributed by atoms with E-state index in [1.54, 1.807) is 16.9 Å². The Hall–Kier alpha value is -1.39. The van der Waals surface area contributed by atoms with E-state index < -0.39 is 5.82 Å². The SMILES string of the molecule is CCCNC(c1cccc(F)c1Cl)c1ccnn1C. The van der Waals surface area contributed by atoms with Crippen LogP contribution in [0.25, 0.3) is 0 Å². The van der Waals surface area contributed by atoms with Gasteiger partial charge < -0.3 is 5.32 Å². The van der Waals surface area contributed by atoms with Crippen LogP contribution in [0.4, 0.5) is 4.39 Å². The number of nitrogens with zero attached hydrogens (tertiary/aromatic N) is 2. The molecule has 0 aliphatic heterocycles. The molecule has 0 bridgehead atoms. The summed E-state index contributed by atoms with van der Waals surface area (Å²) < 4.78 is 15.4. The van der Waals surface area contributed by atoms with Gasteiger partial charge in [0.25, 0.3) is 0 Å². The maximum Gasteiger partial charge on any atom is 0.142 e. The molecular formula is C14H17ClFN3. The molecule has 5 heteroatoms. The van der Waals surface area contributed by atoms with Crippen LogP contribution in [0.2, 0.25) is 5.02 Å². The number of rotatable bonds is 5. The second-order valence-electron chi connectivity index (χ2n) is 4.41. The average molecular weight is 282 g/mol. The van der Waals surface area contributed by atoms with Crippen LogP contribution in [0.15, 0.2) is 30.5 Å². The van der Waals surface area contributed by atoms with E-state index in [0.717, 1.165) is 24.2 Å². The molecule has 1 aromatic carbocycles. The monoisotopic (exact) mass is 281 g/mol. The molecule has 0 radical (unpaired) electrons. The molecule has 1 heterocycles. The standard InChI is InChI=1S/C14H17ClFN3/c1-3-8-17-14(12-7-9-18-19(12)2)10-5-4-6-11(16)13(10)15/h4-7,9,14,17H,3,8H2,1-2H3.